The zero-order valence-electron chi connectivity index (χ0n) is 23.0. The Morgan fingerprint density at radius 1 is 1.16 bits per heavy atom. The van der Waals surface area contributed by atoms with Gasteiger partial charge in [0.2, 0.25) is 0 Å². The normalized spacial score (nSPS) is 18.7. The molecule has 6 rings (SSSR count). The number of rotatable bonds is 6. The van der Waals surface area contributed by atoms with E-state index in [9.17, 15) is 13.2 Å². The SMILES string of the molecule is O=C(OC1CNC(C#Cc2cc3ncnc(Nc4ccc(CS(=O)(=O)c5ccccc5)c(Cl)c4)c3s2)C1)N1CCOCC1. The van der Waals surface area contributed by atoms with Crippen molar-refractivity contribution in [2.24, 2.45) is 0 Å². The fraction of sp³-hybridized carbons (Fsp3) is 0.300. The van der Waals surface area contributed by atoms with Crippen molar-refractivity contribution >= 4 is 60.6 Å². The van der Waals surface area contributed by atoms with Gasteiger partial charge in [-0.2, -0.15) is 0 Å². The Morgan fingerprint density at radius 3 is 2.77 bits per heavy atom. The lowest BCUT2D eigenvalue weighted by molar-refractivity contribution is 0.0156. The van der Waals surface area contributed by atoms with Gasteiger partial charge in [-0.3, -0.25) is 5.32 Å². The van der Waals surface area contributed by atoms with Gasteiger partial charge in [-0.15, -0.1) is 11.3 Å². The smallest absolute Gasteiger partial charge is 0.410 e. The van der Waals surface area contributed by atoms with Crippen LogP contribution in [0.3, 0.4) is 0 Å². The molecule has 222 valence electrons. The summed E-state index contributed by atoms with van der Waals surface area (Å²) >= 11 is 7.96. The summed E-state index contributed by atoms with van der Waals surface area (Å²) < 4.78 is 37.4. The van der Waals surface area contributed by atoms with Crippen LogP contribution in [-0.2, 0) is 25.1 Å². The lowest BCUT2D eigenvalue weighted by Gasteiger charge is -2.27. The van der Waals surface area contributed by atoms with Crippen molar-refractivity contribution < 1.29 is 22.7 Å². The predicted molar refractivity (Wildman–Crippen MR) is 165 cm³/mol. The summed E-state index contributed by atoms with van der Waals surface area (Å²) in [5.41, 5.74) is 1.93. The first-order valence-corrected chi connectivity index (χ1v) is 16.5. The minimum Gasteiger partial charge on any atom is -0.445 e. The number of benzene rings is 2. The Balaban J connectivity index is 1.10. The Morgan fingerprint density at radius 2 is 1.98 bits per heavy atom. The number of ether oxygens (including phenoxy) is 2. The molecule has 1 amide bonds. The van der Waals surface area contributed by atoms with E-state index in [4.69, 9.17) is 21.1 Å². The lowest BCUT2D eigenvalue weighted by atomic mass is 10.2. The number of sulfone groups is 1. The molecule has 4 heterocycles. The largest absolute Gasteiger partial charge is 0.445 e. The van der Waals surface area contributed by atoms with Crippen LogP contribution < -0.4 is 10.6 Å². The first kappa shape index (κ1) is 29.3. The van der Waals surface area contributed by atoms with Crippen molar-refractivity contribution in [3.05, 3.63) is 76.4 Å². The van der Waals surface area contributed by atoms with Crippen LogP contribution in [0.25, 0.3) is 10.2 Å². The zero-order valence-corrected chi connectivity index (χ0v) is 25.3. The van der Waals surface area contributed by atoms with Gasteiger partial charge < -0.3 is 19.7 Å². The number of thiophene rings is 1. The summed E-state index contributed by atoms with van der Waals surface area (Å²) in [6.45, 7) is 2.71. The molecule has 2 aromatic heterocycles. The van der Waals surface area contributed by atoms with E-state index in [1.807, 2.05) is 6.07 Å². The highest BCUT2D eigenvalue weighted by Gasteiger charge is 2.28. The van der Waals surface area contributed by atoms with E-state index in [2.05, 4.69) is 32.4 Å². The number of morpholine rings is 1. The zero-order chi connectivity index (χ0) is 29.8. The first-order valence-electron chi connectivity index (χ1n) is 13.7. The minimum atomic E-state index is -3.53. The molecule has 2 unspecified atom stereocenters. The molecule has 2 aliphatic heterocycles. The van der Waals surface area contributed by atoms with Gasteiger partial charge in [0.05, 0.1) is 45.0 Å². The van der Waals surface area contributed by atoms with Gasteiger partial charge >= 0.3 is 6.09 Å². The van der Waals surface area contributed by atoms with Crippen LogP contribution in [0.15, 0.2) is 65.8 Å². The Bertz CT molecular complexity index is 1800. The number of nitrogens with one attached hydrogen (secondary N) is 2. The highest BCUT2D eigenvalue weighted by Crippen LogP contribution is 2.32. The maximum Gasteiger partial charge on any atom is 0.410 e. The summed E-state index contributed by atoms with van der Waals surface area (Å²) in [6, 6.07) is 15.3. The van der Waals surface area contributed by atoms with Crippen LogP contribution in [0, 0.1) is 11.8 Å². The average molecular weight is 638 g/mol. The molecule has 43 heavy (non-hydrogen) atoms. The van der Waals surface area contributed by atoms with Crippen molar-refractivity contribution in [2.45, 2.75) is 29.2 Å². The molecule has 10 nitrogen and oxygen atoms in total. The maximum absolute atomic E-state index is 12.8. The van der Waals surface area contributed by atoms with Crippen LogP contribution in [0.5, 0.6) is 0 Å². The second-order valence-corrected chi connectivity index (χ2v) is 13.6. The molecule has 2 saturated heterocycles. The van der Waals surface area contributed by atoms with Gasteiger partial charge in [-0.25, -0.2) is 23.2 Å². The molecule has 2 aromatic carbocycles. The van der Waals surface area contributed by atoms with E-state index in [0.717, 1.165) is 15.1 Å². The van der Waals surface area contributed by atoms with Gasteiger partial charge in [-0.05, 0) is 35.9 Å². The van der Waals surface area contributed by atoms with Gasteiger partial charge in [-0.1, -0.05) is 47.7 Å². The number of nitrogens with zero attached hydrogens (tertiary/aromatic N) is 3. The third-order valence-electron chi connectivity index (χ3n) is 7.07. The topological polar surface area (TPSA) is 123 Å². The highest BCUT2D eigenvalue weighted by molar-refractivity contribution is 7.90. The molecule has 13 heteroatoms. The second-order valence-electron chi connectivity index (χ2n) is 10.1. The van der Waals surface area contributed by atoms with Crippen molar-refractivity contribution in [3.8, 4) is 11.8 Å². The number of aromatic nitrogens is 2. The summed E-state index contributed by atoms with van der Waals surface area (Å²) in [7, 11) is -3.53. The molecule has 2 atom stereocenters. The number of hydrogen-bond donors (Lipinski definition) is 2. The molecule has 4 aromatic rings. The molecule has 2 aliphatic rings. The predicted octanol–water partition coefficient (Wildman–Crippen LogP) is 4.61. The summed E-state index contributed by atoms with van der Waals surface area (Å²) in [4.78, 5) is 23.9. The summed E-state index contributed by atoms with van der Waals surface area (Å²) in [6.07, 6.45) is 1.56. The van der Waals surface area contributed by atoms with E-state index in [0.29, 0.717) is 61.4 Å². The van der Waals surface area contributed by atoms with Gasteiger partial charge in [0, 0.05) is 36.8 Å². The van der Waals surface area contributed by atoms with E-state index < -0.39 is 9.84 Å². The molecule has 0 spiro atoms. The van der Waals surface area contributed by atoms with Gasteiger partial charge in [0.1, 0.15) is 12.4 Å². The second kappa shape index (κ2) is 12.9. The minimum absolute atomic E-state index is 0.0947. The van der Waals surface area contributed by atoms with Crippen molar-refractivity contribution in [2.75, 3.05) is 38.2 Å². The lowest BCUT2D eigenvalue weighted by Crippen LogP contribution is -2.42. The maximum atomic E-state index is 12.8. The number of anilines is 2. The number of fused-ring (bicyclic) bond motifs is 1. The molecule has 0 saturated carbocycles. The van der Waals surface area contributed by atoms with Crippen LogP contribution >= 0.6 is 22.9 Å². The molecule has 0 aliphatic carbocycles. The van der Waals surface area contributed by atoms with E-state index in [1.165, 1.54) is 17.7 Å². The monoisotopic (exact) mass is 637 g/mol. The molecule has 0 bridgehead atoms. The summed E-state index contributed by atoms with van der Waals surface area (Å²) in [5.74, 6) is 6.86. The number of amides is 1. The van der Waals surface area contributed by atoms with Crippen LogP contribution in [0.4, 0.5) is 16.3 Å². The first-order chi connectivity index (χ1) is 20.8. The van der Waals surface area contributed by atoms with E-state index in [-0.39, 0.29) is 28.9 Å². The standard InChI is InChI=1S/C30H28ClN5O5S2/c31-26-15-22(7-6-20(26)18-43(38,39)25-4-2-1-3-5-25)35-29-28-27(33-19-34-29)16-24(42-28)9-8-21-14-23(17-32-21)41-30(37)36-10-12-40-13-11-36/h1-7,15-16,19,21,23,32H,10-14,17-18H2,(H,33,34,35). The van der Waals surface area contributed by atoms with Crippen LogP contribution in [-0.4, -0.2) is 74.4 Å². The van der Waals surface area contributed by atoms with Gasteiger partial charge in [0.15, 0.2) is 15.7 Å². The molecular weight excluding hydrogens is 610 g/mol. The fourth-order valence-electron chi connectivity index (χ4n) is 4.82. The van der Waals surface area contributed by atoms with Crippen LogP contribution in [0.2, 0.25) is 5.02 Å². The number of carbonyl (C=O) groups is 1. The number of halogens is 1. The van der Waals surface area contributed by atoms with Crippen molar-refractivity contribution in [1.82, 2.24) is 20.2 Å². The van der Waals surface area contributed by atoms with Crippen molar-refractivity contribution in [1.29, 1.82) is 0 Å². The fourth-order valence-corrected chi connectivity index (χ4v) is 7.47. The Kier molecular flexibility index (Phi) is 8.78. The average Bonchev–Trinajstić information content (AvgIpc) is 3.65. The number of carbonyl (C=O) groups excluding carboxylic acids is 1. The van der Waals surface area contributed by atoms with Crippen LogP contribution in [0.1, 0.15) is 16.9 Å². The molecule has 2 N–H and O–H groups in total. The third-order valence-corrected chi connectivity index (χ3v) is 10.2. The Labute approximate surface area is 258 Å². The number of hydrogen-bond acceptors (Lipinski definition) is 10. The molecule has 2 fully saturated rings. The Hall–Kier alpha value is -3.73. The molecule has 0 radical (unpaired) electrons. The quantitative estimate of drug-likeness (QED) is 0.292. The van der Waals surface area contributed by atoms with E-state index in [1.54, 1.807) is 53.4 Å². The summed E-state index contributed by atoms with van der Waals surface area (Å²) in [5, 5.41) is 6.93. The van der Waals surface area contributed by atoms with E-state index >= 15 is 0 Å². The van der Waals surface area contributed by atoms with Gasteiger partial charge in [0.25, 0.3) is 0 Å². The third kappa shape index (κ3) is 7.09. The highest BCUT2D eigenvalue weighted by atomic mass is 35.5. The molecular formula is C30H28ClN5O5S2. The van der Waals surface area contributed by atoms with Crippen molar-refractivity contribution in [3.63, 3.8) is 0 Å².